The standard InChI is InChI=1S/C16H11ClFN3O3/c17-8-3-4-9(11(18)5-8)14-19-15(22)13-12(7-1-2-7)10(16(23)24)6-21(13)20-14/h3-7H,1-2H2,(H,23,24)(H,19,20,22). The number of carboxylic acids is 1. The van der Waals surface area contributed by atoms with Crippen LogP contribution in [-0.4, -0.2) is 25.7 Å². The maximum atomic E-state index is 14.1. The second-order valence-corrected chi connectivity index (χ2v) is 6.19. The molecule has 0 bridgehead atoms. The Kier molecular flexibility index (Phi) is 3.21. The SMILES string of the molecule is O=C(O)c1cn2nc(-c3ccc(Cl)cc3F)[nH]c(=O)c2c1C1CC1. The van der Waals surface area contributed by atoms with Gasteiger partial charge >= 0.3 is 5.97 Å². The summed E-state index contributed by atoms with van der Waals surface area (Å²) in [5, 5.41) is 13.8. The number of rotatable bonds is 3. The quantitative estimate of drug-likeness (QED) is 0.762. The zero-order valence-corrected chi connectivity index (χ0v) is 13.0. The second-order valence-electron chi connectivity index (χ2n) is 5.76. The smallest absolute Gasteiger partial charge is 0.337 e. The van der Waals surface area contributed by atoms with Gasteiger partial charge in [-0.25, -0.2) is 13.7 Å². The summed E-state index contributed by atoms with van der Waals surface area (Å²) in [6.07, 6.45) is 2.98. The van der Waals surface area contributed by atoms with Crippen molar-refractivity contribution in [1.29, 1.82) is 0 Å². The van der Waals surface area contributed by atoms with Crippen molar-refractivity contribution >= 4 is 23.1 Å². The van der Waals surface area contributed by atoms with Crippen LogP contribution in [0.4, 0.5) is 4.39 Å². The zero-order chi connectivity index (χ0) is 17.0. The molecule has 0 radical (unpaired) electrons. The van der Waals surface area contributed by atoms with Crippen molar-refractivity contribution in [2.75, 3.05) is 0 Å². The number of carboxylic acid groups (broad SMARTS) is 1. The van der Waals surface area contributed by atoms with E-state index in [1.807, 2.05) is 0 Å². The molecule has 0 spiro atoms. The van der Waals surface area contributed by atoms with E-state index in [-0.39, 0.29) is 33.4 Å². The molecule has 0 atom stereocenters. The van der Waals surface area contributed by atoms with E-state index < -0.39 is 17.3 Å². The molecule has 0 saturated heterocycles. The molecule has 1 saturated carbocycles. The maximum absolute atomic E-state index is 14.1. The van der Waals surface area contributed by atoms with Crippen molar-refractivity contribution in [2.45, 2.75) is 18.8 Å². The third kappa shape index (κ3) is 2.28. The van der Waals surface area contributed by atoms with Crippen LogP contribution in [0.15, 0.2) is 29.2 Å². The van der Waals surface area contributed by atoms with Gasteiger partial charge in [0.2, 0.25) is 0 Å². The summed E-state index contributed by atoms with van der Waals surface area (Å²) in [5.74, 6) is -1.67. The molecule has 0 aliphatic heterocycles. The van der Waals surface area contributed by atoms with Gasteiger partial charge < -0.3 is 10.1 Å². The van der Waals surface area contributed by atoms with Crippen molar-refractivity contribution < 1.29 is 14.3 Å². The van der Waals surface area contributed by atoms with Crippen molar-refractivity contribution in [3.8, 4) is 11.4 Å². The highest BCUT2D eigenvalue weighted by Crippen LogP contribution is 2.43. The number of aromatic amines is 1. The third-order valence-corrected chi connectivity index (χ3v) is 4.32. The van der Waals surface area contributed by atoms with Crippen LogP contribution in [0.25, 0.3) is 16.9 Å². The summed E-state index contributed by atoms with van der Waals surface area (Å²) in [6.45, 7) is 0. The van der Waals surface area contributed by atoms with E-state index in [4.69, 9.17) is 11.6 Å². The summed E-state index contributed by atoms with van der Waals surface area (Å²) in [7, 11) is 0. The topological polar surface area (TPSA) is 87.5 Å². The molecule has 6 nitrogen and oxygen atoms in total. The predicted octanol–water partition coefficient (Wildman–Crippen LogP) is 3.06. The van der Waals surface area contributed by atoms with Gasteiger partial charge in [-0.05, 0) is 37.0 Å². The van der Waals surface area contributed by atoms with E-state index in [1.54, 1.807) is 0 Å². The fourth-order valence-corrected chi connectivity index (χ4v) is 3.03. The first kappa shape index (κ1) is 14.9. The van der Waals surface area contributed by atoms with Gasteiger partial charge in [-0.1, -0.05) is 11.6 Å². The largest absolute Gasteiger partial charge is 0.478 e. The van der Waals surface area contributed by atoms with Crippen LogP contribution in [0.1, 0.15) is 34.7 Å². The molecule has 8 heteroatoms. The summed E-state index contributed by atoms with van der Waals surface area (Å²) in [4.78, 5) is 26.5. The van der Waals surface area contributed by atoms with Crippen LogP contribution >= 0.6 is 11.6 Å². The molecule has 4 rings (SSSR count). The molecule has 2 heterocycles. The minimum Gasteiger partial charge on any atom is -0.478 e. The zero-order valence-electron chi connectivity index (χ0n) is 12.2. The van der Waals surface area contributed by atoms with Gasteiger partial charge in [0.05, 0.1) is 11.1 Å². The van der Waals surface area contributed by atoms with E-state index in [0.717, 1.165) is 18.9 Å². The summed E-state index contributed by atoms with van der Waals surface area (Å²) in [5.41, 5.74) is 0.345. The lowest BCUT2D eigenvalue weighted by atomic mass is 10.1. The molecule has 1 fully saturated rings. The first-order valence-corrected chi connectivity index (χ1v) is 7.68. The Labute approximate surface area is 139 Å². The van der Waals surface area contributed by atoms with E-state index in [1.165, 1.54) is 22.8 Å². The molecular formula is C16H11ClFN3O3. The lowest BCUT2D eigenvalue weighted by molar-refractivity contribution is 0.0696. The number of aromatic carboxylic acids is 1. The minimum atomic E-state index is -1.11. The Hall–Kier alpha value is -2.67. The lowest BCUT2D eigenvalue weighted by Crippen LogP contribution is -2.15. The number of nitrogens with zero attached hydrogens (tertiary/aromatic N) is 2. The van der Waals surface area contributed by atoms with Crippen LogP contribution in [0.3, 0.4) is 0 Å². The van der Waals surface area contributed by atoms with E-state index in [2.05, 4.69) is 10.1 Å². The number of carbonyl (C=O) groups is 1. The Bertz CT molecular complexity index is 1050. The minimum absolute atomic E-state index is 0.0101. The molecule has 1 aliphatic rings. The van der Waals surface area contributed by atoms with Gasteiger partial charge in [-0.3, -0.25) is 4.79 Å². The lowest BCUT2D eigenvalue weighted by Gasteiger charge is -2.04. The number of halogens is 2. The molecule has 2 N–H and O–H groups in total. The molecule has 0 unspecified atom stereocenters. The first-order valence-electron chi connectivity index (χ1n) is 7.30. The Morgan fingerprint density at radius 1 is 1.42 bits per heavy atom. The van der Waals surface area contributed by atoms with Crippen LogP contribution in [-0.2, 0) is 0 Å². The number of H-pyrrole nitrogens is 1. The second kappa shape index (κ2) is 5.17. The fraction of sp³-hybridized carbons (Fsp3) is 0.188. The van der Waals surface area contributed by atoms with Crippen molar-refractivity contribution in [2.24, 2.45) is 0 Å². The highest BCUT2D eigenvalue weighted by Gasteiger charge is 2.33. The van der Waals surface area contributed by atoms with Crippen molar-refractivity contribution in [1.82, 2.24) is 14.6 Å². The normalized spacial score (nSPS) is 14.2. The van der Waals surface area contributed by atoms with Gasteiger partial charge in [0.1, 0.15) is 11.3 Å². The predicted molar refractivity (Wildman–Crippen MR) is 85.2 cm³/mol. The van der Waals surface area contributed by atoms with Crippen molar-refractivity contribution in [3.63, 3.8) is 0 Å². The Morgan fingerprint density at radius 3 is 2.79 bits per heavy atom. The number of benzene rings is 1. The molecule has 2 aromatic heterocycles. The van der Waals surface area contributed by atoms with Gasteiger partial charge in [0, 0.05) is 16.8 Å². The third-order valence-electron chi connectivity index (χ3n) is 4.08. The number of hydrogen-bond donors (Lipinski definition) is 2. The van der Waals surface area contributed by atoms with Crippen molar-refractivity contribution in [3.05, 3.63) is 56.7 Å². The van der Waals surface area contributed by atoms with Crippen LogP contribution in [0.2, 0.25) is 5.02 Å². The highest BCUT2D eigenvalue weighted by atomic mass is 35.5. The summed E-state index contributed by atoms with van der Waals surface area (Å²) >= 11 is 5.73. The number of aromatic nitrogens is 3. The molecule has 0 amide bonds. The average Bonchev–Trinajstić information content (AvgIpc) is 3.27. The molecule has 3 aromatic rings. The number of hydrogen-bond acceptors (Lipinski definition) is 3. The van der Waals surface area contributed by atoms with Gasteiger partial charge in [0.25, 0.3) is 5.56 Å². The Balaban J connectivity index is 1.98. The summed E-state index contributed by atoms with van der Waals surface area (Å²) < 4.78 is 15.3. The van der Waals surface area contributed by atoms with Crippen LogP contribution in [0.5, 0.6) is 0 Å². The van der Waals surface area contributed by atoms with Crippen LogP contribution in [0, 0.1) is 5.82 Å². The monoisotopic (exact) mass is 347 g/mol. The van der Waals surface area contributed by atoms with E-state index >= 15 is 0 Å². The van der Waals surface area contributed by atoms with Gasteiger partial charge in [0.15, 0.2) is 5.82 Å². The Morgan fingerprint density at radius 2 is 2.17 bits per heavy atom. The first-order chi connectivity index (χ1) is 11.5. The number of fused-ring (bicyclic) bond motifs is 1. The molecule has 24 heavy (non-hydrogen) atoms. The molecule has 122 valence electrons. The molecule has 1 aliphatic carbocycles. The van der Waals surface area contributed by atoms with E-state index in [9.17, 15) is 19.1 Å². The summed E-state index contributed by atoms with van der Waals surface area (Å²) in [6, 6.07) is 4.01. The maximum Gasteiger partial charge on any atom is 0.337 e. The van der Waals surface area contributed by atoms with E-state index in [0.29, 0.717) is 5.56 Å². The molecular weight excluding hydrogens is 337 g/mol. The average molecular weight is 348 g/mol. The highest BCUT2D eigenvalue weighted by molar-refractivity contribution is 6.30. The van der Waals surface area contributed by atoms with Gasteiger partial charge in [-0.15, -0.1) is 5.10 Å². The number of nitrogens with one attached hydrogen (secondary N) is 1. The van der Waals surface area contributed by atoms with Crippen LogP contribution < -0.4 is 5.56 Å². The van der Waals surface area contributed by atoms with Gasteiger partial charge in [-0.2, -0.15) is 0 Å². The fourth-order valence-electron chi connectivity index (χ4n) is 2.87. The molecule has 1 aromatic carbocycles.